The van der Waals surface area contributed by atoms with Crippen molar-refractivity contribution in [2.24, 2.45) is 17.8 Å². The molecular formula is C17H20Cl2O2. The van der Waals surface area contributed by atoms with Crippen LogP contribution in [0.15, 0.2) is 18.2 Å². The smallest absolute Gasteiger partial charge is 0.136 e. The van der Waals surface area contributed by atoms with E-state index in [1.807, 2.05) is 19.1 Å². The van der Waals surface area contributed by atoms with E-state index < -0.39 is 0 Å². The average Bonchev–Trinajstić information content (AvgIpc) is 2.76. The van der Waals surface area contributed by atoms with Crippen molar-refractivity contribution in [3.8, 4) is 0 Å². The van der Waals surface area contributed by atoms with Gasteiger partial charge in [-0.25, -0.2) is 0 Å². The SMILES string of the molecule is CCC(=O)C1C(c2ccc(Cl)c(Cl)c2)CC2CC(O)C1C2. The Morgan fingerprint density at radius 3 is 2.67 bits per heavy atom. The van der Waals surface area contributed by atoms with Crippen molar-refractivity contribution in [2.75, 3.05) is 0 Å². The van der Waals surface area contributed by atoms with Crippen molar-refractivity contribution in [3.63, 3.8) is 0 Å². The number of hydrogen-bond acceptors (Lipinski definition) is 2. The zero-order valence-corrected chi connectivity index (χ0v) is 13.6. The van der Waals surface area contributed by atoms with Gasteiger partial charge in [0, 0.05) is 12.3 Å². The van der Waals surface area contributed by atoms with E-state index in [1.54, 1.807) is 6.07 Å². The van der Waals surface area contributed by atoms with Gasteiger partial charge >= 0.3 is 0 Å². The minimum absolute atomic E-state index is 0.0824. The van der Waals surface area contributed by atoms with E-state index in [4.69, 9.17) is 23.2 Å². The molecule has 4 heteroatoms. The summed E-state index contributed by atoms with van der Waals surface area (Å²) < 4.78 is 0. The van der Waals surface area contributed by atoms with E-state index >= 15 is 0 Å². The average molecular weight is 327 g/mol. The Hall–Kier alpha value is -0.570. The standard InChI is InChI=1S/C17H20Cl2O2/c1-2-15(20)17-11(5-9-6-12(17)16(21)7-9)10-3-4-13(18)14(19)8-10/h3-4,8-9,11-12,16-17,21H,2,5-7H2,1H3. The molecule has 0 amide bonds. The van der Waals surface area contributed by atoms with Gasteiger partial charge in [0.25, 0.3) is 0 Å². The molecule has 5 atom stereocenters. The van der Waals surface area contributed by atoms with Crippen LogP contribution in [-0.4, -0.2) is 17.0 Å². The Balaban J connectivity index is 1.98. The van der Waals surface area contributed by atoms with E-state index in [0.717, 1.165) is 24.8 Å². The number of halogens is 2. The molecule has 1 aromatic rings. The summed E-state index contributed by atoms with van der Waals surface area (Å²) >= 11 is 12.1. The second kappa shape index (κ2) is 5.91. The largest absolute Gasteiger partial charge is 0.393 e. The summed E-state index contributed by atoms with van der Waals surface area (Å²) in [6.07, 6.45) is 2.97. The van der Waals surface area contributed by atoms with Crippen molar-refractivity contribution >= 4 is 29.0 Å². The number of aliphatic hydroxyl groups is 1. The number of fused-ring (bicyclic) bond motifs is 2. The molecule has 0 heterocycles. The van der Waals surface area contributed by atoms with Gasteiger partial charge in [-0.1, -0.05) is 36.2 Å². The number of hydrogen-bond donors (Lipinski definition) is 1. The number of aliphatic hydroxyl groups excluding tert-OH is 1. The lowest BCUT2D eigenvalue weighted by atomic mass is 9.67. The topological polar surface area (TPSA) is 37.3 Å². The maximum absolute atomic E-state index is 12.5. The van der Waals surface area contributed by atoms with Crippen molar-refractivity contribution in [1.82, 2.24) is 0 Å². The van der Waals surface area contributed by atoms with Crippen molar-refractivity contribution in [3.05, 3.63) is 33.8 Å². The molecule has 114 valence electrons. The Morgan fingerprint density at radius 1 is 1.24 bits per heavy atom. The Labute approximate surface area is 135 Å². The summed E-state index contributed by atoms with van der Waals surface area (Å²) in [5.74, 6) is 0.964. The lowest BCUT2D eigenvalue weighted by Gasteiger charge is -2.36. The molecule has 2 aliphatic carbocycles. The molecule has 0 radical (unpaired) electrons. The summed E-state index contributed by atoms with van der Waals surface area (Å²) in [5.41, 5.74) is 1.08. The molecular weight excluding hydrogens is 307 g/mol. The first-order valence-corrected chi connectivity index (χ1v) is 8.42. The molecule has 2 aliphatic rings. The van der Waals surface area contributed by atoms with Gasteiger partial charge in [0.2, 0.25) is 0 Å². The van der Waals surface area contributed by atoms with Gasteiger partial charge < -0.3 is 5.11 Å². The minimum atomic E-state index is -0.330. The fourth-order valence-electron chi connectivity index (χ4n) is 4.32. The highest BCUT2D eigenvalue weighted by Crippen LogP contribution is 2.52. The van der Waals surface area contributed by atoms with Gasteiger partial charge in [0.05, 0.1) is 16.1 Å². The van der Waals surface area contributed by atoms with Gasteiger partial charge in [0.15, 0.2) is 0 Å². The first-order valence-electron chi connectivity index (χ1n) is 7.67. The maximum Gasteiger partial charge on any atom is 0.136 e. The third kappa shape index (κ3) is 2.74. The van der Waals surface area contributed by atoms with Crippen LogP contribution in [0.2, 0.25) is 10.0 Å². The summed E-state index contributed by atoms with van der Waals surface area (Å²) in [5, 5.41) is 11.4. The molecule has 21 heavy (non-hydrogen) atoms. The maximum atomic E-state index is 12.5. The Morgan fingerprint density at radius 2 is 2.00 bits per heavy atom. The second-order valence-electron chi connectivity index (χ2n) is 6.43. The molecule has 0 aliphatic heterocycles. The highest BCUT2D eigenvalue weighted by Gasteiger charge is 2.49. The van der Waals surface area contributed by atoms with Crippen molar-refractivity contribution < 1.29 is 9.90 Å². The number of carbonyl (C=O) groups is 1. The van der Waals surface area contributed by atoms with Crippen LogP contribution >= 0.6 is 23.2 Å². The first-order chi connectivity index (χ1) is 10.0. The van der Waals surface area contributed by atoms with Crippen LogP contribution < -0.4 is 0 Å². The van der Waals surface area contributed by atoms with Crippen LogP contribution in [0.25, 0.3) is 0 Å². The summed E-state index contributed by atoms with van der Waals surface area (Å²) in [6.45, 7) is 1.90. The fourth-order valence-corrected chi connectivity index (χ4v) is 4.63. The highest BCUT2D eigenvalue weighted by molar-refractivity contribution is 6.42. The quantitative estimate of drug-likeness (QED) is 0.890. The number of rotatable bonds is 3. The fraction of sp³-hybridized carbons (Fsp3) is 0.588. The second-order valence-corrected chi connectivity index (χ2v) is 7.24. The normalized spacial score (nSPS) is 35.0. The lowest BCUT2D eigenvalue weighted by molar-refractivity contribution is -0.127. The van der Waals surface area contributed by atoms with Crippen LogP contribution in [-0.2, 0) is 4.79 Å². The predicted octanol–water partition coefficient (Wildman–Crippen LogP) is 4.46. The number of benzene rings is 1. The van der Waals surface area contributed by atoms with E-state index in [0.29, 0.717) is 22.4 Å². The molecule has 2 bridgehead atoms. The monoisotopic (exact) mass is 326 g/mol. The molecule has 3 rings (SSSR count). The van der Waals surface area contributed by atoms with E-state index in [2.05, 4.69) is 0 Å². The molecule has 2 fully saturated rings. The number of Topliss-reactive ketones (excluding diaryl/α,β-unsaturated/α-hetero) is 1. The zero-order valence-electron chi connectivity index (χ0n) is 12.1. The molecule has 0 spiro atoms. The molecule has 2 nitrogen and oxygen atoms in total. The van der Waals surface area contributed by atoms with Crippen LogP contribution in [0.4, 0.5) is 0 Å². The van der Waals surface area contributed by atoms with Gasteiger partial charge in [-0.2, -0.15) is 0 Å². The van der Waals surface area contributed by atoms with E-state index in [-0.39, 0.29) is 29.6 Å². The van der Waals surface area contributed by atoms with Gasteiger partial charge in [0.1, 0.15) is 5.78 Å². The minimum Gasteiger partial charge on any atom is -0.393 e. The number of carbonyl (C=O) groups excluding carboxylic acids is 1. The Bertz CT molecular complexity index is 558. The molecule has 2 saturated carbocycles. The summed E-state index contributed by atoms with van der Waals surface area (Å²) in [6, 6.07) is 5.67. The zero-order chi connectivity index (χ0) is 15.1. The van der Waals surface area contributed by atoms with Gasteiger partial charge in [-0.3, -0.25) is 4.79 Å². The molecule has 0 aromatic heterocycles. The lowest BCUT2D eigenvalue weighted by Crippen LogP contribution is -2.35. The van der Waals surface area contributed by atoms with E-state index in [1.165, 1.54) is 0 Å². The van der Waals surface area contributed by atoms with Crippen LogP contribution in [0.5, 0.6) is 0 Å². The highest BCUT2D eigenvalue weighted by atomic mass is 35.5. The van der Waals surface area contributed by atoms with Gasteiger partial charge in [-0.15, -0.1) is 0 Å². The molecule has 1 aromatic carbocycles. The van der Waals surface area contributed by atoms with E-state index in [9.17, 15) is 9.90 Å². The predicted molar refractivity (Wildman–Crippen MR) is 84.8 cm³/mol. The third-order valence-electron chi connectivity index (χ3n) is 5.25. The van der Waals surface area contributed by atoms with Crippen LogP contribution in [0, 0.1) is 17.8 Å². The first kappa shape index (κ1) is 15.3. The summed E-state index contributed by atoms with van der Waals surface area (Å²) in [4.78, 5) is 12.5. The van der Waals surface area contributed by atoms with Crippen LogP contribution in [0.1, 0.15) is 44.1 Å². The Kier molecular flexibility index (Phi) is 4.31. The number of ketones is 1. The van der Waals surface area contributed by atoms with Gasteiger partial charge in [-0.05, 0) is 54.7 Å². The molecule has 1 N–H and O–H groups in total. The van der Waals surface area contributed by atoms with Crippen molar-refractivity contribution in [2.45, 2.75) is 44.6 Å². The molecule has 5 unspecified atom stereocenters. The summed E-state index contributed by atoms with van der Waals surface area (Å²) in [7, 11) is 0. The van der Waals surface area contributed by atoms with Crippen LogP contribution in [0.3, 0.4) is 0 Å². The van der Waals surface area contributed by atoms with Crippen molar-refractivity contribution in [1.29, 1.82) is 0 Å². The molecule has 0 saturated heterocycles. The third-order valence-corrected chi connectivity index (χ3v) is 5.99.